The number of hydrogen-bond donors (Lipinski definition) is 0. The van der Waals surface area contributed by atoms with Gasteiger partial charge in [0.2, 0.25) is 0 Å². The van der Waals surface area contributed by atoms with Crippen LogP contribution in [-0.2, 0) is 5.41 Å². The number of aromatic nitrogens is 2. The number of benzene rings is 7. The van der Waals surface area contributed by atoms with Gasteiger partial charge in [-0.3, -0.25) is 0 Å². The van der Waals surface area contributed by atoms with Gasteiger partial charge in [-0.05, 0) is 41.5 Å². The summed E-state index contributed by atoms with van der Waals surface area (Å²) in [6.07, 6.45) is 0. The third kappa shape index (κ3) is 4.54. The zero-order valence-corrected chi connectivity index (χ0v) is 27.5. The fourth-order valence-electron chi connectivity index (χ4n) is 7.86. The molecular formula is C47H30N2O2. The van der Waals surface area contributed by atoms with Crippen LogP contribution < -0.4 is 4.74 Å². The lowest BCUT2D eigenvalue weighted by Crippen LogP contribution is -2.34. The molecule has 4 nitrogen and oxygen atoms in total. The standard InChI is InChI=1S/C47H30N2O2/c1-3-16-31(17-4-1)46-48-40(30-41(49-46)36-23-15-22-34-33-20-8-12-27-42(33)51-45(34)36)35-21-7-9-24-37(35)47(32-18-5-2-6-19-32)38-25-10-13-28-43(38)50-44-29-14-11-26-39(44)47/h1-30H. The van der Waals surface area contributed by atoms with Gasteiger partial charge in [-0.2, -0.15) is 0 Å². The predicted octanol–water partition coefficient (Wildman–Crippen LogP) is 11.9. The van der Waals surface area contributed by atoms with Crippen molar-refractivity contribution >= 4 is 21.9 Å². The highest BCUT2D eigenvalue weighted by Gasteiger charge is 2.46. The highest BCUT2D eigenvalue weighted by molar-refractivity contribution is 6.09. The van der Waals surface area contributed by atoms with Crippen molar-refractivity contribution in [1.82, 2.24) is 9.97 Å². The Balaban J connectivity index is 1.29. The summed E-state index contributed by atoms with van der Waals surface area (Å²) in [5.41, 5.74) is 9.82. The van der Waals surface area contributed by atoms with Gasteiger partial charge in [0.25, 0.3) is 0 Å². The molecule has 0 amide bonds. The van der Waals surface area contributed by atoms with E-state index in [4.69, 9.17) is 19.1 Å². The number of nitrogens with zero attached hydrogens (tertiary/aromatic N) is 2. The zero-order valence-electron chi connectivity index (χ0n) is 27.5. The number of rotatable bonds is 5. The van der Waals surface area contributed by atoms with Crippen LogP contribution in [0.5, 0.6) is 11.5 Å². The molecule has 0 atom stereocenters. The van der Waals surface area contributed by atoms with E-state index in [0.29, 0.717) is 5.82 Å². The normalized spacial score (nSPS) is 13.0. The Morgan fingerprint density at radius 3 is 1.73 bits per heavy atom. The molecule has 7 aromatic carbocycles. The van der Waals surface area contributed by atoms with Crippen LogP contribution in [0.25, 0.3) is 55.8 Å². The van der Waals surface area contributed by atoms with Crippen LogP contribution in [0.2, 0.25) is 0 Å². The maximum absolute atomic E-state index is 6.60. The molecule has 3 heterocycles. The van der Waals surface area contributed by atoms with Gasteiger partial charge in [0.1, 0.15) is 22.7 Å². The molecule has 0 N–H and O–H groups in total. The first kappa shape index (κ1) is 29.2. The summed E-state index contributed by atoms with van der Waals surface area (Å²) in [7, 11) is 0. The van der Waals surface area contributed by atoms with Crippen molar-refractivity contribution in [3.05, 3.63) is 204 Å². The van der Waals surface area contributed by atoms with Gasteiger partial charge >= 0.3 is 0 Å². The molecule has 0 fully saturated rings. The van der Waals surface area contributed by atoms with Crippen LogP contribution >= 0.6 is 0 Å². The monoisotopic (exact) mass is 654 g/mol. The lowest BCUT2D eigenvalue weighted by atomic mass is 9.62. The van der Waals surface area contributed by atoms with E-state index in [2.05, 4.69) is 133 Å². The summed E-state index contributed by atoms with van der Waals surface area (Å²) in [4.78, 5) is 10.6. The molecule has 2 aromatic heterocycles. The summed E-state index contributed by atoms with van der Waals surface area (Å²) in [5, 5.41) is 2.14. The minimum absolute atomic E-state index is 0.646. The third-order valence-electron chi connectivity index (χ3n) is 10.1. The van der Waals surface area contributed by atoms with Crippen LogP contribution in [-0.4, -0.2) is 9.97 Å². The molecule has 0 radical (unpaired) electrons. The summed E-state index contributed by atoms with van der Waals surface area (Å²) >= 11 is 0. The number of fused-ring (bicyclic) bond motifs is 5. The second-order valence-electron chi connectivity index (χ2n) is 12.9. The van der Waals surface area contributed by atoms with Gasteiger partial charge < -0.3 is 9.15 Å². The molecule has 9 aromatic rings. The topological polar surface area (TPSA) is 48.2 Å². The summed E-state index contributed by atoms with van der Waals surface area (Å²) < 4.78 is 13.1. The Labute approximate surface area is 295 Å². The molecule has 4 heteroatoms. The first-order valence-electron chi connectivity index (χ1n) is 17.2. The van der Waals surface area contributed by atoms with Gasteiger partial charge in [-0.25, -0.2) is 9.97 Å². The highest BCUT2D eigenvalue weighted by atomic mass is 16.5. The molecule has 0 unspecified atom stereocenters. The minimum Gasteiger partial charge on any atom is -0.457 e. The lowest BCUT2D eigenvalue weighted by molar-refractivity contribution is 0.434. The van der Waals surface area contributed by atoms with Crippen LogP contribution in [0.15, 0.2) is 186 Å². The zero-order chi connectivity index (χ0) is 33.8. The van der Waals surface area contributed by atoms with Crippen LogP contribution in [0.4, 0.5) is 0 Å². The Hall–Kier alpha value is -6.78. The van der Waals surface area contributed by atoms with Crippen molar-refractivity contribution in [3.63, 3.8) is 0 Å². The van der Waals surface area contributed by atoms with Gasteiger partial charge in [-0.1, -0.05) is 152 Å². The second kappa shape index (κ2) is 11.7. The number of hydrogen-bond acceptors (Lipinski definition) is 4. The summed E-state index contributed by atoms with van der Waals surface area (Å²) in [6, 6.07) is 63.0. The molecule has 51 heavy (non-hydrogen) atoms. The molecule has 0 saturated heterocycles. The fourth-order valence-corrected chi connectivity index (χ4v) is 7.86. The third-order valence-corrected chi connectivity index (χ3v) is 10.1. The van der Waals surface area contributed by atoms with Crippen molar-refractivity contribution in [2.75, 3.05) is 0 Å². The first-order valence-corrected chi connectivity index (χ1v) is 17.2. The maximum atomic E-state index is 6.60. The largest absolute Gasteiger partial charge is 0.457 e. The Bertz CT molecular complexity index is 2690. The van der Waals surface area contributed by atoms with Crippen molar-refractivity contribution in [2.24, 2.45) is 0 Å². The summed E-state index contributed by atoms with van der Waals surface area (Å²) in [6.45, 7) is 0. The highest BCUT2D eigenvalue weighted by Crippen LogP contribution is 2.56. The smallest absolute Gasteiger partial charge is 0.160 e. The van der Waals surface area contributed by atoms with Crippen molar-refractivity contribution in [1.29, 1.82) is 0 Å². The van der Waals surface area contributed by atoms with Crippen LogP contribution in [0.1, 0.15) is 22.3 Å². The molecule has 240 valence electrons. The Morgan fingerprint density at radius 2 is 0.980 bits per heavy atom. The number of ether oxygens (including phenoxy) is 1. The van der Waals surface area contributed by atoms with E-state index < -0.39 is 5.41 Å². The molecule has 1 aliphatic rings. The Morgan fingerprint density at radius 1 is 0.431 bits per heavy atom. The van der Waals surface area contributed by atoms with E-state index in [1.165, 1.54) is 0 Å². The minimum atomic E-state index is -0.708. The first-order chi connectivity index (χ1) is 25.3. The quantitative estimate of drug-likeness (QED) is 0.185. The molecule has 0 saturated carbocycles. The van der Waals surface area contributed by atoms with E-state index in [-0.39, 0.29) is 0 Å². The van der Waals surface area contributed by atoms with Crippen molar-refractivity contribution in [3.8, 4) is 45.4 Å². The summed E-state index contributed by atoms with van der Waals surface area (Å²) in [5.74, 6) is 2.31. The van der Waals surface area contributed by atoms with E-state index >= 15 is 0 Å². The van der Waals surface area contributed by atoms with Crippen molar-refractivity contribution < 1.29 is 9.15 Å². The fraction of sp³-hybridized carbons (Fsp3) is 0.0213. The molecule has 0 aliphatic carbocycles. The molecule has 1 aliphatic heterocycles. The van der Waals surface area contributed by atoms with Crippen LogP contribution in [0, 0.1) is 0 Å². The molecule has 0 spiro atoms. The molecule has 0 bridgehead atoms. The average molecular weight is 655 g/mol. The van der Waals surface area contributed by atoms with E-state index in [1.54, 1.807) is 0 Å². The van der Waals surface area contributed by atoms with Gasteiger partial charge in [0, 0.05) is 38.6 Å². The molecule has 10 rings (SSSR count). The van der Waals surface area contributed by atoms with E-state index in [1.807, 2.05) is 48.5 Å². The lowest BCUT2D eigenvalue weighted by Gasteiger charge is -2.42. The van der Waals surface area contributed by atoms with Crippen LogP contribution in [0.3, 0.4) is 0 Å². The average Bonchev–Trinajstić information content (AvgIpc) is 3.59. The number of furan rings is 1. The predicted molar refractivity (Wildman–Crippen MR) is 204 cm³/mol. The van der Waals surface area contributed by atoms with Gasteiger partial charge in [0.15, 0.2) is 5.82 Å². The Kier molecular flexibility index (Phi) is 6.68. The van der Waals surface area contributed by atoms with Gasteiger partial charge in [-0.15, -0.1) is 0 Å². The van der Waals surface area contributed by atoms with E-state index in [9.17, 15) is 0 Å². The number of para-hydroxylation sites is 4. The van der Waals surface area contributed by atoms with Crippen molar-refractivity contribution in [2.45, 2.75) is 5.41 Å². The maximum Gasteiger partial charge on any atom is 0.160 e. The SMILES string of the molecule is c1ccc(-c2nc(-c3ccccc3C3(c4ccccc4)c4ccccc4Oc4ccccc43)cc(-c3cccc4c3oc3ccccc34)n2)cc1. The molecular weight excluding hydrogens is 625 g/mol. The van der Waals surface area contributed by atoms with Gasteiger partial charge in [0.05, 0.1) is 16.8 Å². The second-order valence-corrected chi connectivity index (χ2v) is 12.9. The van der Waals surface area contributed by atoms with E-state index in [0.717, 1.165) is 83.8 Å².